The Hall–Kier alpha value is -2.18. The lowest BCUT2D eigenvalue weighted by Crippen LogP contribution is -1.88. The third-order valence-corrected chi connectivity index (χ3v) is 3.12. The molecule has 0 saturated carbocycles. The van der Waals surface area contributed by atoms with Crippen molar-refractivity contribution in [1.29, 1.82) is 5.26 Å². The summed E-state index contributed by atoms with van der Waals surface area (Å²) >= 11 is 1.43. The number of benzene rings is 1. The zero-order chi connectivity index (χ0) is 12.1. The van der Waals surface area contributed by atoms with Gasteiger partial charge in [0, 0.05) is 0 Å². The summed E-state index contributed by atoms with van der Waals surface area (Å²) in [6.07, 6.45) is 3.30. The van der Waals surface area contributed by atoms with E-state index in [9.17, 15) is 4.79 Å². The maximum absolute atomic E-state index is 11.7. The van der Waals surface area contributed by atoms with Gasteiger partial charge in [-0.3, -0.25) is 4.79 Å². The summed E-state index contributed by atoms with van der Waals surface area (Å²) < 4.78 is 0. The minimum Gasteiger partial charge on any atom is -0.288 e. The van der Waals surface area contributed by atoms with Crippen molar-refractivity contribution in [3.8, 4) is 6.07 Å². The summed E-state index contributed by atoms with van der Waals surface area (Å²) in [5.74, 6) is 0.00404. The lowest BCUT2D eigenvalue weighted by atomic mass is 10.1. The first-order valence-electron chi connectivity index (χ1n) is 5.05. The minimum atomic E-state index is 0.00404. The second kappa shape index (κ2) is 5.24. The normalized spacial score (nSPS) is 10.3. The monoisotopic (exact) mass is 239 g/mol. The molecule has 1 heterocycles. The number of nitriles is 1. The highest BCUT2D eigenvalue weighted by Gasteiger charge is 2.01. The van der Waals surface area contributed by atoms with Crippen molar-refractivity contribution in [1.82, 2.24) is 0 Å². The molecule has 17 heavy (non-hydrogen) atoms. The summed E-state index contributed by atoms with van der Waals surface area (Å²) in [6.45, 7) is 0. The van der Waals surface area contributed by atoms with Crippen LogP contribution in [0, 0.1) is 11.3 Å². The summed E-state index contributed by atoms with van der Waals surface area (Å²) in [5.41, 5.74) is 1.53. The number of hydrogen-bond acceptors (Lipinski definition) is 3. The number of nitrogens with zero attached hydrogens (tertiary/aromatic N) is 1. The molecule has 3 heteroatoms. The van der Waals surface area contributed by atoms with Crippen molar-refractivity contribution in [2.24, 2.45) is 0 Å². The van der Waals surface area contributed by atoms with Gasteiger partial charge in [0.25, 0.3) is 0 Å². The highest BCUT2D eigenvalue weighted by Crippen LogP contribution is 2.11. The van der Waals surface area contributed by atoms with Crippen molar-refractivity contribution >= 4 is 23.2 Å². The van der Waals surface area contributed by atoms with E-state index in [2.05, 4.69) is 6.07 Å². The van der Waals surface area contributed by atoms with Gasteiger partial charge in [0.2, 0.25) is 0 Å². The van der Waals surface area contributed by atoms with Crippen molar-refractivity contribution in [2.75, 3.05) is 0 Å². The van der Waals surface area contributed by atoms with Gasteiger partial charge in [0.15, 0.2) is 5.78 Å². The molecule has 0 atom stereocenters. The quantitative estimate of drug-likeness (QED) is 0.607. The van der Waals surface area contributed by atoms with Crippen LogP contribution < -0.4 is 0 Å². The van der Waals surface area contributed by atoms with Crippen LogP contribution >= 0.6 is 11.3 Å². The number of thiophene rings is 1. The fourth-order valence-electron chi connectivity index (χ4n) is 1.34. The molecule has 0 N–H and O–H groups in total. The van der Waals surface area contributed by atoms with Crippen LogP contribution in [0.4, 0.5) is 0 Å². The molecular weight excluding hydrogens is 230 g/mol. The Morgan fingerprint density at radius 3 is 2.59 bits per heavy atom. The maximum atomic E-state index is 11.7. The Morgan fingerprint density at radius 1 is 1.24 bits per heavy atom. The molecular formula is C14H9NOS. The van der Waals surface area contributed by atoms with Crippen LogP contribution in [0.2, 0.25) is 0 Å². The Morgan fingerprint density at radius 2 is 2.00 bits per heavy atom. The third-order valence-electron chi connectivity index (χ3n) is 2.23. The second-order valence-electron chi connectivity index (χ2n) is 3.41. The van der Waals surface area contributed by atoms with E-state index in [1.165, 1.54) is 11.3 Å². The second-order valence-corrected chi connectivity index (χ2v) is 4.36. The number of rotatable bonds is 3. The molecule has 2 rings (SSSR count). The lowest BCUT2D eigenvalue weighted by molar-refractivity contribution is 0.105. The number of carbonyl (C=O) groups is 1. The molecule has 0 aliphatic heterocycles. The maximum Gasteiger partial charge on any atom is 0.195 e. The van der Waals surface area contributed by atoms with Crippen LogP contribution in [0.1, 0.15) is 20.8 Å². The van der Waals surface area contributed by atoms with Crippen LogP contribution in [-0.4, -0.2) is 5.78 Å². The van der Waals surface area contributed by atoms with Gasteiger partial charge < -0.3 is 0 Å². The van der Waals surface area contributed by atoms with E-state index < -0.39 is 0 Å². The van der Waals surface area contributed by atoms with E-state index in [0.717, 1.165) is 10.4 Å². The van der Waals surface area contributed by atoms with Gasteiger partial charge in [-0.1, -0.05) is 24.3 Å². The molecule has 0 amide bonds. The number of hydrogen-bond donors (Lipinski definition) is 0. The molecule has 0 aliphatic carbocycles. The zero-order valence-electron chi connectivity index (χ0n) is 8.96. The summed E-state index contributed by atoms with van der Waals surface area (Å²) in [7, 11) is 0. The van der Waals surface area contributed by atoms with E-state index in [1.54, 1.807) is 30.4 Å². The van der Waals surface area contributed by atoms with Crippen molar-refractivity contribution in [3.05, 3.63) is 63.9 Å². The van der Waals surface area contributed by atoms with Gasteiger partial charge in [-0.25, -0.2) is 0 Å². The third kappa shape index (κ3) is 2.90. The Bertz CT molecular complexity index is 574. The molecule has 0 bridgehead atoms. The SMILES string of the molecule is N#Cc1ccc(C=CC(=O)c2cccs2)cc1. The van der Waals surface area contributed by atoms with Crippen molar-refractivity contribution in [3.63, 3.8) is 0 Å². The van der Waals surface area contributed by atoms with Crippen LogP contribution in [0.25, 0.3) is 6.08 Å². The molecule has 82 valence electrons. The predicted molar refractivity (Wildman–Crippen MR) is 68.8 cm³/mol. The topological polar surface area (TPSA) is 40.9 Å². The average Bonchev–Trinajstić information content (AvgIpc) is 2.90. The summed E-state index contributed by atoms with van der Waals surface area (Å²) in [4.78, 5) is 12.4. The Balaban J connectivity index is 2.10. The van der Waals surface area contributed by atoms with E-state index in [1.807, 2.05) is 23.6 Å². The van der Waals surface area contributed by atoms with Gasteiger partial charge in [-0.2, -0.15) is 5.26 Å². The van der Waals surface area contributed by atoms with Gasteiger partial charge in [0.05, 0.1) is 16.5 Å². The average molecular weight is 239 g/mol. The minimum absolute atomic E-state index is 0.00404. The van der Waals surface area contributed by atoms with Gasteiger partial charge in [-0.05, 0) is 35.2 Å². The molecule has 2 nitrogen and oxygen atoms in total. The van der Waals surface area contributed by atoms with Crippen molar-refractivity contribution < 1.29 is 4.79 Å². The predicted octanol–water partition coefficient (Wildman–Crippen LogP) is 3.52. The first-order chi connectivity index (χ1) is 8.29. The van der Waals surface area contributed by atoms with Gasteiger partial charge in [0.1, 0.15) is 0 Å². The molecule has 1 aromatic heterocycles. The number of allylic oxidation sites excluding steroid dienone is 1. The van der Waals surface area contributed by atoms with Crippen LogP contribution in [-0.2, 0) is 0 Å². The fourth-order valence-corrected chi connectivity index (χ4v) is 1.99. The van der Waals surface area contributed by atoms with Gasteiger partial charge in [-0.15, -0.1) is 11.3 Å². The molecule has 0 unspecified atom stereocenters. The van der Waals surface area contributed by atoms with Crippen LogP contribution in [0.15, 0.2) is 47.9 Å². The van der Waals surface area contributed by atoms with Crippen molar-refractivity contribution in [2.45, 2.75) is 0 Å². The standard InChI is InChI=1S/C14H9NOS/c15-10-12-5-3-11(4-6-12)7-8-13(16)14-2-1-9-17-14/h1-9H. The number of carbonyl (C=O) groups excluding carboxylic acids is 1. The largest absolute Gasteiger partial charge is 0.288 e. The highest BCUT2D eigenvalue weighted by molar-refractivity contribution is 7.12. The Labute approximate surface area is 103 Å². The molecule has 0 spiro atoms. The van der Waals surface area contributed by atoms with E-state index in [-0.39, 0.29) is 5.78 Å². The Kier molecular flexibility index (Phi) is 3.49. The van der Waals surface area contributed by atoms with Crippen LogP contribution in [0.3, 0.4) is 0 Å². The molecule has 0 saturated heterocycles. The van der Waals surface area contributed by atoms with Gasteiger partial charge >= 0.3 is 0 Å². The summed E-state index contributed by atoms with van der Waals surface area (Å²) in [5, 5.41) is 10.5. The van der Waals surface area contributed by atoms with E-state index >= 15 is 0 Å². The first-order valence-corrected chi connectivity index (χ1v) is 5.93. The first kappa shape index (κ1) is 11.3. The highest BCUT2D eigenvalue weighted by atomic mass is 32.1. The molecule has 0 radical (unpaired) electrons. The van der Waals surface area contributed by atoms with Crippen LogP contribution in [0.5, 0.6) is 0 Å². The molecule has 2 aromatic rings. The fraction of sp³-hybridized carbons (Fsp3) is 0. The smallest absolute Gasteiger partial charge is 0.195 e. The molecule has 0 fully saturated rings. The lowest BCUT2D eigenvalue weighted by Gasteiger charge is -1.93. The molecule has 0 aliphatic rings. The number of ketones is 1. The van der Waals surface area contributed by atoms with E-state index in [4.69, 9.17) is 5.26 Å². The zero-order valence-corrected chi connectivity index (χ0v) is 9.78. The molecule has 1 aromatic carbocycles. The summed E-state index contributed by atoms with van der Waals surface area (Å²) in [6, 6.07) is 12.8. The van der Waals surface area contributed by atoms with E-state index in [0.29, 0.717) is 5.56 Å².